The van der Waals surface area contributed by atoms with Crippen LogP contribution in [0, 0.1) is 0 Å². The third-order valence-corrected chi connectivity index (χ3v) is 4.23. The predicted molar refractivity (Wildman–Crippen MR) is 84.3 cm³/mol. The molecule has 0 spiro atoms. The largest absolute Gasteiger partial charge is 0.300 e. The number of carbonyl (C=O) groups excluding carboxylic acids is 3. The zero-order valence-electron chi connectivity index (χ0n) is 13.3. The molecule has 0 aromatic rings. The summed E-state index contributed by atoms with van der Waals surface area (Å²) in [6.07, 6.45) is 15.7. The van der Waals surface area contributed by atoms with E-state index in [1.807, 2.05) is 0 Å². The zero-order chi connectivity index (χ0) is 15.3. The van der Waals surface area contributed by atoms with E-state index in [1.54, 1.807) is 0 Å². The molecule has 21 heavy (non-hydrogen) atoms. The molecule has 0 aromatic carbocycles. The first-order chi connectivity index (χ1) is 10.2. The van der Waals surface area contributed by atoms with Crippen molar-refractivity contribution in [3.05, 3.63) is 0 Å². The predicted octanol–water partition coefficient (Wildman–Crippen LogP) is 4.56. The molecule has 0 unspecified atom stereocenters. The minimum atomic E-state index is 0.464. The third kappa shape index (κ3) is 10.4. The summed E-state index contributed by atoms with van der Waals surface area (Å²) in [4.78, 5) is 31.4. The summed E-state index contributed by atoms with van der Waals surface area (Å²) < 4.78 is 0. The van der Waals surface area contributed by atoms with E-state index in [-0.39, 0.29) is 0 Å². The SMILES string of the molecule is O=C1CCCCC1.O=C1CCCCC1.O=C1CCCCC1. The monoisotopic (exact) mass is 294 g/mol. The second-order valence-electron chi connectivity index (χ2n) is 6.30. The molecule has 0 amide bonds. The lowest BCUT2D eigenvalue weighted by Crippen LogP contribution is -2.02. The van der Waals surface area contributed by atoms with Crippen LogP contribution in [0.25, 0.3) is 0 Å². The molecule has 0 saturated heterocycles. The minimum absolute atomic E-state index is 0.464. The molecule has 0 heterocycles. The molecule has 3 aliphatic carbocycles. The third-order valence-electron chi connectivity index (χ3n) is 4.23. The molecular weight excluding hydrogens is 264 g/mol. The molecule has 3 saturated carbocycles. The molecule has 3 rings (SSSR count). The highest BCUT2D eigenvalue weighted by molar-refractivity contribution is 5.79. The van der Waals surface area contributed by atoms with E-state index in [4.69, 9.17) is 0 Å². The van der Waals surface area contributed by atoms with E-state index in [1.165, 1.54) is 19.3 Å². The minimum Gasteiger partial charge on any atom is -0.300 e. The zero-order valence-corrected chi connectivity index (χ0v) is 13.3. The fraction of sp³-hybridized carbons (Fsp3) is 0.833. The van der Waals surface area contributed by atoms with Crippen LogP contribution in [0.1, 0.15) is 96.3 Å². The van der Waals surface area contributed by atoms with Crippen molar-refractivity contribution in [2.24, 2.45) is 0 Å². The van der Waals surface area contributed by atoms with Gasteiger partial charge in [-0.3, -0.25) is 14.4 Å². The molecule has 3 heteroatoms. The van der Waals surface area contributed by atoms with Crippen LogP contribution in [-0.2, 0) is 14.4 Å². The summed E-state index contributed by atoms with van der Waals surface area (Å²) in [7, 11) is 0. The Kier molecular flexibility index (Phi) is 10.0. The molecule has 0 aliphatic heterocycles. The van der Waals surface area contributed by atoms with Crippen molar-refractivity contribution < 1.29 is 14.4 Å². The normalized spacial score (nSPS) is 22.6. The van der Waals surface area contributed by atoms with Crippen molar-refractivity contribution in [1.29, 1.82) is 0 Å². The molecular formula is C18H30O3. The number of ketones is 3. The van der Waals surface area contributed by atoms with Crippen LogP contribution in [-0.4, -0.2) is 17.3 Å². The molecule has 0 aromatic heterocycles. The molecule has 3 nitrogen and oxygen atoms in total. The number of rotatable bonds is 0. The molecule has 120 valence electrons. The van der Waals surface area contributed by atoms with Crippen molar-refractivity contribution in [3.8, 4) is 0 Å². The Labute approximate surface area is 128 Å². The van der Waals surface area contributed by atoms with Crippen molar-refractivity contribution in [3.63, 3.8) is 0 Å². The van der Waals surface area contributed by atoms with Crippen LogP contribution in [0.4, 0.5) is 0 Å². The van der Waals surface area contributed by atoms with Gasteiger partial charge in [0, 0.05) is 38.5 Å². The van der Waals surface area contributed by atoms with E-state index < -0.39 is 0 Å². The topological polar surface area (TPSA) is 51.2 Å². The van der Waals surface area contributed by atoms with E-state index in [0.717, 1.165) is 77.0 Å². The molecule has 3 aliphatic rings. The van der Waals surface area contributed by atoms with Crippen LogP contribution >= 0.6 is 0 Å². The van der Waals surface area contributed by atoms with Gasteiger partial charge in [-0.25, -0.2) is 0 Å². The Balaban J connectivity index is 0.000000157. The Bertz CT molecular complexity index is 257. The second kappa shape index (κ2) is 11.6. The lowest BCUT2D eigenvalue weighted by Gasteiger charge is -2.05. The average molecular weight is 294 g/mol. The first-order valence-electron chi connectivity index (χ1n) is 8.73. The number of carbonyl (C=O) groups is 3. The van der Waals surface area contributed by atoms with Gasteiger partial charge in [0.05, 0.1) is 0 Å². The maximum Gasteiger partial charge on any atom is 0.132 e. The van der Waals surface area contributed by atoms with Crippen molar-refractivity contribution in [2.45, 2.75) is 96.3 Å². The van der Waals surface area contributed by atoms with Gasteiger partial charge >= 0.3 is 0 Å². The fourth-order valence-corrected chi connectivity index (χ4v) is 2.84. The van der Waals surface area contributed by atoms with Gasteiger partial charge in [-0.15, -0.1) is 0 Å². The molecule has 0 N–H and O–H groups in total. The average Bonchev–Trinajstić information content (AvgIpc) is 2.51. The Morgan fingerprint density at radius 1 is 0.333 bits per heavy atom. The summed E-state index contributed by atoms with van der Waals surface area (Å²) in [5.41, 5.74) is 0. The molecule has 0 radical (unpaired) electrons. The molecule has 0 atom stereocenters. The Morgan fingerprint density at radius 2 is 0.524 bits per heavy atom. The first kappa shape index (κ1) is 18.1. The van der Waals surface area contributed by atoms with Gasteiger partial charge in [-0.05, 0) is 38.5 Å². The maximum atomic E-state index is 10.5. The summed E-state index contributed by atoms with van der Waals surface area (Å²) in [5, 5.41) is 0. The van der Waals surface area contributed by atoms with E-state index in [2.05, 4.69) is 0 Å². The summed E-state index contributed by atoms with van der Waals surface area (Å²) in [5.74, 6) is 1.39. The van der Waals surface area contributed by atoms with Crippen molar-refractivity contribution in [1.82, 2.24) is 0 Å². The van der Waals surface area contributed by atoms with Gasteiger partial charge in [0.15, 0.2) is 0 Å². The quantitative estimate of drug-likeness (QED) is 0.658. The van der Waals surface area contributed by atoms with Crippen LogP contribution in [0.15, 0.2) is 0 Å². The molecule has 3 fully saturated rings. The maximum absolute atomic E-state index is 10.5. The highest BCUT2D eigenvalue weighted by Gasteiger charge is 2.07. The van der Waals surface area contributed by atoms with Crippen LogP contribution in [0.5, 0.6) is 0 Å². The van der Waals surface area contributed by atoms with Gasteiger partial charge < -0.3 is 0 Å². The summed E-state index contributed by atoms with van der Waals surface area (Å²) in [6, 6.07) is 0. The van der Waals surface area contributed by atoms with Gasteiger partial charge in [-0.1, -0.05) is 19.3 Å². The smallest absolute Gasteiger partial charge is 0.132 e. The first-order valence-corrected chi connectivity index (χ1v) is 8.73. The standard InChI is InChI=1S/3C6H10O/c3*7-6-4-2-1-3-5-6/h3*1-5H2. The highest BCUT2D eigenvalue weighted by atomic mass is 16.1. The lowest BCUT2D eigenvalue weighted by molar-refractivity contribution is -0.121. The van der Waals surface area contributed by atoms with Gasteiger partial charge in [0.25, 0.3) is 0 Å². The Morgan fingerprint density at radius 3 is 0.619 bits per heavy atom. The van der Waals surface area contributed by atoms with Gasteiger partial charge in [0.1, 0.15) is 17.3 Å². The number of hydrogen-bond donors (Lipinski definition) is 0. The highest BCUT2D eigenvalue weighted by Crippen LogP contribution is 2.13. The van der Waals surface area contributed by atoms with E-state index in [9.17, 15) is 14.4 Å². The molecule has 0 bridgehead atoms. The van der Waals surface area contributed by atoms with E-state index in [0.29, 0.717) is 17.3 Å². The van der Waals surface area contributed by atoms with Crippen molar-refractivity contribution >= 4 is 17.3 Å². The summed E-state index contributed by atoms with van der Waals surface area (Å²) in [6.45, 7) is 0. The van der Waals surface area contributed by atoms with Crippen molar-refractivity contribution in [2.75, 3.05) is 0 Å². The number of Topliss-reactive ketones (excluding diaryl/α,β-unsaturated/α-hetero) is 3. The van der Waals surface area contributed by atoms with Gasteiger partial charge in [-0.2, -0.15) is 0 Å². The fourth-order valence-electron chi connectivity index (χ4n) is 2.84. The van der Waals surface area contributed by atoms with Crippen LogP contribution in [0.2, 0.25) is 0 Å². The van der Waals surface area contributed by atoms with E-state index >= 15 is 0 Å². The van der Waals surface area contributed by atoms with Crippen LogP contribution in [0.3, 0.4) is 0 Å². The summed E-state index contributed by atoms with van der Waals surface area (Å²) >= 11 is 0. The van der Waals surface area contributed by atoms with Crippen LogP contribution < -0.4 is 0 Å². The number of hydrogen-bond acceptors (Lipinski definition) is 3. The second-order valence-corrected chi connectivity index (χ2v) is 6.30. The van der Waals surface area contributed by atoms with Gasteiger partial charge in [0.2, 0.25) is 0 Å². The lowest BCUT2D eigenvalue weighted by atomic mass is 10.00. The Hall–Kier alpha value is -0.990.